The zero-order chi connectivity index (χ0) is 20.8. The van der Waals surface area contributed by atoms with Crippen molar-refractivity contribution in [1.29, 1.82) is 0 Å². The van der Waals surface area contributed by atoms with Gasteiger partial charge in [-0.05, 0) is 31.2 Å². The third-order valence-electron chi connectivity index (χ3n) is 3.99. The van der Waals surface area contributed by atoms with Crippen LogP contribution in [0.5, 0.6) is 5.75 Å². The molecule has 0 amide bonds. The Morgan fingerprint density at radius 3 is 2.52 bits per heavy atom. The number of hydrogen-bond acceptors (Lipinski definition) is 7. The zero-order valence-corrected chi connectivity index (χ0v) is 16.1. The quantitative estimate of drug-likeness (QED) is 0.632. The monoisotopic (exact) mass is 394 g/mol. The second-order valence-corrected chi connectivity index (χ2v) is 6.06. The molecular formula is C21H19FN4O3. The predicted octanol–water partition coefficient (Wildman–Crippen LogP) is 4.03. The van der Waals surface area contributed by atoms with Gasteiger partial charge in [0.1, 0.15) is 0 Å². The van der Waals surface area contributed by atoms with Crippen molar-refractivity contribution in [3.63, 3.8) is 0 Å². The van der Waals surface area contributed by atoms with Gasteiger partial charge in [0.2, 0.25) is 5.95 Å². The molecule has 7 nitrogen and oxygen atoms in total. The molecule has 0 bridgehead atoms. The molecule has 0 atom stereocenters. The Balaban J connectivity index is 1.80. The van der Waals surface area contributed by atoms with Crippen molar-refractivity contribution in [1.82, 2.24) is 15.0 Å². The Bertz CT molecular complexity index is 1050. The first-order chi connectivity index (χ1) is 14.0. The van der Waals surface area contributed by atoms with Crippen molar-refractivity contribution in [3.8, 4) is 5.75 Å². The van der Waals surface area contributed by atoms with Gasteiger partial charge >= 0.3 is 5.97 Å². The third kappa shape index (κ3) is 4.92. The number of pyridine rings is 1. The molecule has 8 heteroatoms. The number of carbonyl (C=O) groups excluding carboxylic acids is 1. The van der Waals surface area contributed by atoms with Gasteiger partial charge in [-0.15, -0.1) is 0 Å². The number of hydrogen-bond donors (Lipinski definition) is 1. The molecule has 1 N–H and O–H groups in total. The molecule has 3 rings (SSSR count). The number of carbonyl (C=O) groups is 1. The molecule has 0 unspecified atom stereocenters. The van der Waals surface area contributed by atoms with Crippen LogP contribution < -0.4 is 10.1 Å². The van der Waals surface area contributed by atoms with Crippen LogP contribution in [0, 0.1) is 12.7 Å². The molecule has 0 saturated carbocycles. The molecule has 0 fully saturated rings. The van der Waals surface area contributed by atoms with Gasteiger partial charge in [-0.2, -0.15) is 0 Å². The van der Waals surface area contributed by atoms with Crippen LogP contribution in [-0.2, 0) is 4.74 Å². The number of aromatic nitrogens is 3. The van der Waals surface area contributed by atoms with Gasteiger partial charge in [-0.1, -0.05) is 12.2 Å². The van der Waals surface area contributed by atoms with E-state index in [2.05, 4.69) is 20.3 Å². The summed E-state index contributed by atoms with van der Waals surface area (Å²) in [6.45, 7) is 1.89. The van der Waals surface area contributed by atoms with Gasteiger partial charge in [0.15, 0.2) is 11.6 Å². The van der Waals surface area contributed by atoms with Crippen molar-refractivity contribution in [2.45, 2.75) is 6.92 Å². The summed E-state index contributed by atoms with van der Waals surface area (Å²) < 4.78 is 24.2. The molecule has 0 aliphatic carbocycles. The lowest BCUT2D eigenvalue weighted by molar-refractivity contribution is 0.0600. The number of ether oxygens (including phenoxy) is 2. The number of esters is 1. The van der Waals surface area contributed by atoms with E-state index in [4.69, 9.17) is 9.47 Å². The van der Waals surface area contributed by atoms with Gasteiger partial charge in [0.05, 0.1) is 19.8 Å². The summed E-state index contributed by atoms with van der Waals surface area (Å²) in [5.41, 5.74) is 2.73. The second kappa shape index (κ2) is 8.92. The Morgan fingerprint density at radius 1 is 1.10 bits per heavy atom. The number of benzene rings is 1. The highest BCUT2D eigenvalue weighted by atomic mass is 19.1. The van der Waals surface area contributed by atoms with Crippen LogP contribution in [0.25, 0.3) is 12.2 Å². The standard InChI is InChI=1S/C21H19FN4O3/c1-13-8-17(6-7-23-13)26-21-24-11-14(12-25-21)4-5-15-9-16(20(27)29-3)10-18(28-2)19(15)22/h4-12H,1-3H3,(H,23,24,25,26)/b5-4+. The van der Waals surface area contributed by atoms with Crippen LogP contribution in [0.3, 0.4) is 0 Å². The maximum Gasteiger partial charge on any atom is 0.338 e. The van der Waals surface area contributed by atoms with Crippen LogP contribution in [0.15, 0.2) is 42.9 Å². The van der Waals surface area contributed by atoms with E-state index in [0.717, 1.165) is 11.4 Å². The Morgan fingerprint density at radius 2 is 1.86 bits per heavy atom. The summed E-state index contributed by atoms with van der Waals surface area (Å²) in [5.74, 6) is -0.781. The summed E-state index contributed by atoms with van der Waals surface area (Å²) in [6, 6.07) is 6.38. The highest BCUT2D eigenvalue weighted by molar-refractivity contribution is 5.91. The van der Waals surface area contributed by atoms with Crippen molar-refractivity contribution < 1.29 is 18.7 Å². The fourth-order valence-corrected chi connectivity index (χ4v) is 2.55. The summed E-state index contributed by atoms with van der Waals surface area (Å²) in [5, 5.41) is 3.08. The van der Waals surface area contributed by atoms with Crippen LogP contribution in [0.2, 0.25) is 0 Å². The molecule has 0 aliphatic rings. The van der Waals surface area contributed by atoms with E-state index in [1.54, 1.807) is 24.7 Å². The summed E-state index contributed by atoms with van der Waals surface area (Å²) >= 11 is 0. The van der Waals surface area contributed by atoms with Gasteiger partial charge in [0.25, 0.3) is 0 Å². The minimum Gasteiger partial charge on any atom is -0.494 e. The SMILES string of the molecule is COC(=O)c1cc(/C=C/c2cnc(Nc3ccnc(C)c3)nc2)c(F)c(OC)c1. The summed E-state index contributed by atoms with van der Waals surface area (Å²) in [7, 11) is 2.59. The van der Waals surface area contributed by atoms with Crippen LogP contribution in [0.1, 0.15) is 27.2 Å². The average Bonchev–Trinajstić information content (AvgIpc) is 2.73. The Kier molecular flexibility index (Phi) is 6.13. The topological polar surface area (TPSA) is 86.2 Å². The van der Waals surface area contributed by atoms with E-state index in [1.165, 1.54) is 32.4 Å². The Hall–Kier alpha value is -3.81. The minimum atomic E-state index is -0.581. The van der Waals surface area contributed by atoms with E-state index in [1.807, 2.05) is 19.1 Å². The van der Waals surface area contributed by atoms with Crippen molar-refractivity contribution >= 4 is 29.8 Å². The average molecular weight is 394 g/mol. The Labute approximate surface area is 167 Å². The molecule has 2 heterocycles. The molecule has 148 valence electrons. The lowest BCUT2D eigenvalue weighted by Crippen LogP contribution is -2.03. The lowest BCUT2D eigenvalue weighted by Gasteiger charge is -2.08. The molecule has 3 aromatic rings. The van der Waals surface area contributed by atoms with Gasteiger partial charge in [-0.25, -0.2) is 19.2 Å². The summed E-state index contributed by atoms with van der Waals surface area (Å²) in [6.07, 6.45) is 8.04. The van der Waals surface area contributed by atoms with E-state index in [9.17, 15) is 9.18 Å². The fourth-order valence-electron chi connectivity index (χ4n) is 2.55. The van der Waals surface area contributed by atoms with Crippen molar-refractivity contribution in [2.24, 2.45) is 0 Å². The second-order valence-electron chi connectivity index (χ2n) is 6.06. The molecule has 29 heavy (non-hydrogen) atoms. The van der Waals surface area contributed by atoms with Gasteiger partial charge < -0.3 is 14.8 Å². The van der Waals surface area contributed by atoms with Crippen LogP contribution >= 0.6 is 0 Å². The highest BCUT2D eigenvalue weighted by Gasteiger charge is 2.14. The van der Waals surface area contributed by atoms with Gasteiger partial charge in [-0.3, -0.25) is 4.98 Å². The molecule has 0 radical (unpaired) electrons. The van der Waals surface area contributed by atoms with E-state index in [0.29, 0.717) is 11.5 Å². The molecular weight excluding hydrogens is 375 g/mol. The fraction of sp³-hybridized carbons (Fsp3) is 0.143. The van der Waals surface area contributed by atoms with E-state index >= 15 is 0 Å². The maximum absolute atomic E-state index is 14.5. The molecule has 0 spiro atoms. The molecule has 0 saturated heterocycles. The normalized spacial score (nSPS) is 10.8. The summed E-state index contributed by atoms with van der Waals surface area (Å²) in [4.78, 5) is 24.4. The number of aryl methyl sites for hydroxylation is 1. The number of rotatable bonds is 6. The zero-order valence-electron chi connectivity index (χ0n) is 16.1. The van der Waals surface area contributed by atoms with Gasteiger partial charge in [0, 0.05) is 41.1 Å². The van der Waals surface area contributed by atoms with E-state index < -0.39 is 11.8 Å². The number of nitrogens with zero attached hydrogens (tertiary/aromatic N) is 3. The molecule has 1 aromatic carbocycles. The number of methoxy groups -OCH3 is 2. The minimum absolute atomic E-state index is 0.0454. The van der Waals surface area contributed by atoms with Crippen molar-refractivity contribution in [2.75, 3.05) is 19.5 Å². The molecule has 0 aliphatic heterocycles. The van der Waals surface area contributed by atoms with E-state index in [-0.39, 0.29) is 16.9 Å². The van der Waals surface area contributed by atoms with Crippen molar-refractivity contribution in [3.05, 3.63) is 71.1 Å². The maximum atomic E-state index is 14.5. The smallest absolute Gasteiger partial charge is 0.338 e. The lowest BCUT2D eigenvalue weighted by atomic mass is 10.1. The number of anilines is 2. The number of nitrogens with one attached hydrogen (secondary N) is 1. The highest BCUT2D eigenvalue weighted by Crippen LogP contribution is 2.25. The number of halogens is 1. The largest absolute Gasteiger partial charge is 0.494 e. The molecule has 2 aromatic heterocycles. The third-order valence-corrected chi connectivity index (χ3v) is 3.99. The first-order valence-corrected chi connectivity index (χ1v) is 8.66. The van der Waals surface area contributed by atoms with Crippen LogP contribution in [0.4, 0.5) is 16.0 Å². The predicted molar refractivity (Wildman–Crippen MR) is 108 cm³/mol. The first-order valence-electron chi connectivity index (χ1n) is 8.66. The van der Waals surface area contributed by atoms with Crippen LogP contribution in [-0.4, -0.2) is 35.1 Å². The first kappa shape index (κ1) is 19.9.